The third kappa shape index (κ3) is 5.48. The number of amides is 2. The van der Waals surface area contributed by atoms with Gasteiger partial charge < -0.3 is 19.7 Å². The van der Waals surface area contributed by atoms with Crippen LogP contribution in [0.5, 0.6) is 0 Å². The summed E-state index contributed by atoms with van der Waals surface area (Å²) in [6.45, 7) is 6.20. The topological polar surface area (TPSA) is 91.4 Å². The molecule has 1 N–H and O–H groups in total. The summed E-state index contributed by atoms with van der Waals surface area (Å²) in [5, 5.41) is 3.56. The number of nitrogens with one attached hydrogen (secondary N) is 1. The van der Waals surface area contributed by atoms with Crippen LogP contribution in [0.1, 0.15) is 33.6 Å². The average Bonchev–Trinajstić information content (AvgIpc) is 3.17. The van der Waals surface area contributed by atoms with Crippen LogP contribution in [0.4, 0.5) is 5.00 Å². The molecular formula is C22H32N4O5S. The minimum absolute atomic E-state index is 0.137. The highest BCUT2D eigenvalue weighted by Gasteiger charge is 2.28. The smallest absolute Gasteiger partial charge is 0.341 e. The van der Waals surface area contributed by atoms with E-state index in [9.17, 15) is 14.4 Å². The summed E-state index contributed by atoms with van der Waals surface area (Å²) in [5.74, 6) is -0.378. The van der Waals surface area contributed by atoms with Crippen LogP contribution in [0.3, 0.4) is 0 Å². The van der Waals surface area contributed by atoms with E-state index in [0.717, 1.165) is 44.3 Å². The molecule has 32 heavy (non-hydrogen) atoms. The molecule has 2 saturated heterocycles. The number of piperazine rings is 1. The van der Waals surface area contributed by atoms with Crippen molar-refractivity contribution in [3.8, 4) is 0 Å². The number of thiophene rings is 1. The fourth-order valence-corrected chi connectivity index (χ4v) is 5.84. The summed E-state index contributed by atoms with van der Waals surface area (Å²) >= 11 is 1.50. The maximum absolute atomic E-state index is 12.7. The van der Waals surface area contributed by atoms with Gasteiger partial charge in [0.15, 0.2) is 0 Å². The zero-order valence-corrected chi connectivity index (χ0v) is 19.5. The van der Waals surface area contributed by atoms with Crippen LogP contribution in [0, 0.1) is 0 Å². The fourth-order valence-electron chi connectivity index (χ4n) is 4.55. The van der Waals surface area contributed by atoms with Crippen molar-refractivity contribution >= 4 is 34.1 Å². The Balaban J connectivity index is 1.28. The minimum atomic E-state index is -0.382. The molecule has 2 fully saturated rings. The number of fused-ring (bicyclic) bond motifs is 1. The first-order chi connectivity index (χ1) is 15.5. The monoisotopic (exact) mass is 464 g/mol. The number of esters is 1. The van der Waals surface area contributed by atoms with Gasteiger partial charge in [0.25, 0.3) is 0 Å². The first-order valence-corrected chi connectivity index (χ1v) is 12.2. The summed E-state index contributed by atoms with van der Waals surface area (Å²) < 4.78 is 10.3. The van der Waals surface area contributed by atoms with Gasteiger partial charge in [0.05, 0.1) is 39.0 Å². The highest BCUT2D eigenvalue weighted by Crippen LogP contribution is 2.38. The number of ether oxygens (including phenoxy) is 2. The van der Waals surface area contributed by atoms with E-state index < -0.39 is 0 Å². The van der Waals surface area contributed by atoms with E-state index in [1.54, 1.807) is 0 Å². The van der Waals surface area contributed by atoms with Gasteiger partial charge in [-0.25, -0.2) is 4.79 Å². The first-order valence-electron chi connectivity index (χ1n) is 11.4. The SMILES string of the molecule is COC(=O)c1c(NC(=O)CN2CCN(C(=O)CN3CCOCC3)CC2)sc2c1CCCC2. The molecule has 1 aromatic heterocycles. The number of morpholine rings is 1. The summed E-state index contributed by atoms with van der Waals surface area (Å²) in [5.41, 5.74) is 1.56. The zero-order chi connectivity index (χ0) is 22.5. The molecule has 10 heteroatoms. The van der Waals surface area contributed by atoms with Gasteiger partial charge in [-0.05, 0) is 31.2 Å². The number of aryl methyl sites for hydroxylation is 1. The van der Waals surface area contributed by atoms with Crippen LogP contribution in [0.15, 0.2) is 0 Å². The van der Waals surface area contributed by atoms with Crippen molar-refractivity contribution in [2.75, 3.05) is 78.0 Å². The normalized spacial score (nSPS) is 20.0. The van der Waals surface area contributed by atoms with Gasteiger partial charge in [-0.1, -0.05) is 0 Å². The van der Waals surface area contributed by atoms with Gasteiger partial charge in [-0.15, -0.1) is 11.3 Å². The minimum Gasteiger partial charge on any atom is -0.465 e. The van der Waals surface area contributed by atoms with Crippen LogP contribution >= 0.6 is 11.3 Å². The van der Waals surface area contributed by atoms with Gasteiger partial charge in [-0.3, -0.25) is 19.4 Å². The summed E-state index contributed by atoms with van der Waals surface area (Å²) in [6.07, 6.45) is 3.96. The van der Waals surface area contributed by atoms with Crippen molar-refractivity contribution in [1.82, 2.24) is 14.7 Å². The lowest BCUT2D eigenvalue weighted by Gasteiger charge is -2.36. The number of rotatable bonds is 6. The molecule has 0 atom stereocenters. The first kappa shape index (κ1) is 23.2. The van der Waals surface area contributed by atoms with Crippen molar-refractivity contribution in [1.29, 1.82) is 0 Å². The predicted octanol–water partition coefficient (Wildman–Crippen LogP) is 0.828. The van der Waals surface area contributed by atoms with E-state index in [1.807, 2.05) is 4.90 Å². The number of anilines is 1. The van der Waals surface area contributed by atoms with E-state index in [-0.39, 0.29) is 24.3 Å². The average molecular weight is 465 g/mol. The second-order valence-corrected chi connectivity index (χ2v) is 9.61. The van der Waals surface area contributed by atoms with E-state index in [0.29, 0.717) is 56.5 Å². The number of carbonyl (C=O) groups is 3. The van der Waals surface area contributed by atoms with Gasteiger partial charge in [0.2, 0.25) is 11.8 Å². The van der Waals surface area contributed by atoms with Gasteiger partial charge in [0, 0.05) is 44.1 Å². The lowest BCUT2D eigenvalue weighted by Crippen LogP contribution is -2.53. The molecule has 1 aliphatic carbocycles. The van der Waals surface area contributed by atoms with Crippen molar-refractivity contribution in [3.63, 3.8) is 0 Å². The largest absolute Gasteiger partial charge is 0.465 e. The zero-order valence-electron chi connectivity index (χ0n) is 18.7. The Morgan fingerprint density at radius 3 is 2.38 bits per heavy atom. The second-order valence-electron chi connectivity index (χ2n) is 8.50. The Kier molecular flexibility index (Phi) is 7.77. The molecule has 4 rings (SSSR count). The maximum Gasteiger partial charge on any atom is 0.341 e. The molecule has 2 aliphatic heterocycles. The van der Waals surface area contributed by atoms with Crippen molar-refractivity contribution < 1.29 is 23.9 Å². The fraction of sp³-hybridized carbons (Fsp3) is 0.682. The summed E-state index contributed by atoms with van der Waals surface area (Å²) in [7, 11) is 1.38. The van der Waals surface area contributed by atoms with Crippen LogP contribution in [0.2, 0.25) is 0 Å². The molecule has 0 bridgehead atoms. The van der Waals surface area contributed by atoms with Gasteiger partial charge >= 0.3 is 5.97 Å². The number of carbonyl (C=O) groups excluding carboxylic acids is 3. The molecule has 1 aromatic rings. The van der Waals surface area contributed by atoms with Crippen molar-refractivity contribution in [2.24, 2.45) is 0 Å². The van der Waals surface area contributed by atoms with Crippen molar-refractivity contribution in [2.45, 2.75) is 25.7 Å². The molecule has 3 aliphatic rings. The number of hydrogen-bond acceptors (Lipinski definition) is 8. The molecule has 0 aromatic carbocycles. The molecule has 0 unspecified atom stereocenters. The number of methoxy groups -OCH3 is 1. The Labute approximate surface area is 192 Å². The molecule has 176 valence electrons. The molecule has 2 amide bonds. The van der Waals surface area contributed by atoms with E-state index in [4.69, 9.17) is 9.47 Å². The quantitative estimate of drug-likeness (QED) is 0.624. The second kappa shape index (κ2) is 10.7. The van der Waals surface area contributed by atoms with Crippen LogP contribution in [0.25, 0.3) is 0 Å². The molecule has 9 nitrogen and oxygen atoms in total. The number of hydrogen-bond donors (Lipinski definition) is 1. The molecule has 0 radical (unpaired) electrons. The lowest BCUT2D eigenvalue weighted by molar-refractivity contribution is -0.135. The van der Waals surface area contributed by atoms with Crippen molar-refractivity contribution in [3.05, 3.63) is 16.0 Å². The predicted molar refractivity (Wildman–Crippen MR) is 121 cm³/mol. The number of nitrogens with zero attached hydrogens (tertiary/aromatic N) is 3. The van der Waals surface area contributed by atoms with Gasteiger partial charge in [-0.2, -0.15) is 0 Å². The Morgan fingerprint density at radius 2 is 1.66 bits per heavy atom. The third-order valence-corrected chi connectivity index (χ3v) is 7.58. The third-order valence-electron chi connectivity index (χ3n) is 6.37. The Bertz CT molecular complexity index is 844. The van der Waals surface area contributed by atoms with E-state index in [2.05, 4.69) is 15.1 Å². The molecule has 0 spiro atoms. The maximum atomic E-state index is 12.7. The highest BCUT2D eigenvalue weighted by molar-refractivity contribution is 7.17. The standard InChI is InChI=1S/C22H32N4O5S/c1-30-22(29)20-16-4-2-3-5-17(16)32-21(20)23-18(27)14-24-6-8-26(9-7-24)19(28)15-25-10-12-31-13-11-25/h2-15H2,1H3,(H,23,27). The van der Waals surface area contributed by atoms with E-state index >= 15 is 0 Å². The summed E-state index contributed by atoms with van der Waals surface area (Å²) in [6, 6.07) is 0. The highest BCUT2D eigenvalue weighted by atomic mass is 32.1. The van der Waals surface area contributed by atoms with Gasteiger partial charge in [0.1, 0.15) is 5.00 Å². The van der Waals surface area contributed by atoms with Crippen LogP contribution < -0.4 is 5.32 Å². The lowest BCUT2D eigenvalue weighted by atomic mass is 9.95. The Hall–Kier alpha value is -2.01. The van der Waals surface area contributed by atoms with E-state index in [1.165, 1.54) is 23.3 Å². The Morgan fingerprint density at radius 1 is 0.969 bits per heavy atom. The summed E-state index contributed by atoms with van der Waals surface area (Å²) in [4.78, 5) is 44.9. The molecule has 0 saturated carbocycles. The van der Waals surface area contributed by atoms with Crippen LogP contribution in [-0.4, -0.2) is 105 Å². The molecule has 3 heterocycles. The molecular weight excluding hydrogens is 432 g/mol. The van der Waals surface area contributed by atoms with Crippen LogP contribution in [-0.2, 0) is 31.9 Å².